The van der Waals surface area contributed by atoms with E-state index in [0.717, 1.165) is 56.1 Å². The fourth-order valence-corrected chi connectivity index (χ4v) is 2.92. The van der Waals surface area contributed by atoms with E-state index in [-0.39, 0.29) is 12.5 Å². The molecule has 5 N–H and O–H groups in total. The van der Waals surface area contributed by atoms with Crippen molar-refractivity contribution in [3.8, 4) is 5.75 Å². The number of aryl methyl sites for hydroxylation is 2. The minimum Gasteiger partial charge on any atom is -0.484 e. The number of carbonyl (C=O) groups is 1. The molecule has 1 heterocycles. The Morgan fingerprint density at radius 1 is 1.03 bits per heavy atom. The largest absolute Gasteiger partial charge is 0.484 e. The van der Waals surface area contributed by atoms with Gasteiger partial charge in [0.25, 0.3) is 5.91 Å². The molecule has 0 bridgehead atoms. The summed E-state index contributed by atoms with van der Waals surface area (Å²) in [5, 5.41) is 22.4. The molecule has 0 aliphatic carbocycles. The third kappa shape index (κ3) is 9.13. The molecule has 176 valence electrons. The van der Waals surface area contributed by atoms with Crippen LogP contribution in [0.3, 0.4) is 0 Å². The highest BCUT2D eigenvalue weighted by atomic mass is 16.5. The molecule has 0 atom stereocenters. The number of hydrogen-bond donors (Lipinski definition) is 4. The van der Waals surface area contributed by atoms with E-state index in [2.05, 4.69) is 31.3 Å². The van der Waals surface area contributed by atoms with E-state index in [9.17, 15) is 4.79 Å². The SMILES string of the molecule is Cc1nn(C)c(C)c1N=Nc1ccc(OCC(=O)NCCCNCCNCCCN)cc1. The fourth-order valence-electron chi connectivity index (χ4n) is 2.92. The topological polar surface area (TPSA) is 131 Å². The molecule has 10 nitrogen and oxygen atoms in total. The molecule has 0 spiro atoms. The Labute approximate surface area is 190 Å². The van der Waals surface area contributed by atoms with Gasteiger partial charge in [0.1, 0.15) is 11.4 Å². The Bertz CT molecular complexity index is 848. The molecule has 32 heavy (non-hydrogen) atoms. The van der Waals surface area contributed by atoms with Crippen molar-refractivity contribution in [2.45, 2.75) is 26.7 Å². The predicted molar refractivity (Wildman–Crippen MR) is 126 cm³/mol. The lowest BCUT2D eigenvalue weighted by atomic mass is 10.3. The molecule has 0 aliphatic rings. The number of carbonyl (C=O) groups excluding carboxylic acids is 1. The molecule has 0 aliphatic heterocycles. The zero-order valence-corrected chi connectivity index (χ0v) is 19.4. The standard InChI is InChI=1S/C22H36N8O2/c1-17-22(18(2)30(3)29-17)28-27-19-6-8-20(9-7-19)32-16-21(31)26-13-5-12-25-15-14-24-11-4-10-23/h6-9,24-25H,4-5,10-16,23H2,1-3H3,(H,26,31). The third-order valence-corrected chi connectivity index (χ3v) is 4.83. The van der Waals surface area contributed by atoms with Gasteiger partial charge in [-0.05, 0) is 70.6 Å². The first kappa shape index (κ1) is 25.4. The van der Waals surface area contributed by atoms with Crippen LogP contribution in [-0.4, -0.2) is 61.6 Å². The number of hydrogen-bond acceptors (Lipinski definition) is 8. The van der Waals surface area contributed by atoms with E-state index in [0.29, 0.717) is 24.5 Å². The van der Waals surface area contributed by atoms with E-state index in [1.807, 2.05) is 20.9 Å². The molecule has 1 aromatic carbocycles. The first-order valence-corrected chi connectivity index (χ1v) is 11.0. The zero-order chi connectivity index (χ0) is 23.2. The van der Waals surface area contributed by atoms with E-state index in [1.54, 1.807) is 28.9 Å². The van der Waals surface area contributed by atoms with Crippen molar-refractivity contribution >= 4 is 17.3 Å². The quantitative estimate of drug-likeness (QED) is 0.245. The minimum atomic E-state index is -0.139. The van der Waals surface area contributed by atoms with E-state index in [4.69, 9.17) is 10.5 Å². The fraction of sp³-hybridized carbons (Fsp3) is 0.545. The molecular weight excluding hydrogens is 408 g/mol. The minimum absolute atomic E-state index is 0.0204. The van der Waals surface area contributed by atoms with Gasteiger partial charge in [-0.25, -0.2) is 0 Å². The second-order valence-corrected chi connectivity index (χ2v) is 7.47. The van der Waals surface area contributed by atoms with Crippen molar-refractivity contribution in [1.29, 1.82) is 0 Å². The van der Waals surface area contributed by atoms with Crippen LogP contribution in [0.5, 0.6) is 5.75 Å². The van der Waals surface area contributed by atoms with Crippen molar-refractivity contribution in [2.75, 3.05) is 45.9 Å². The molecule has 0 saturated carbocycles. The van der Waals surface area contributed by atoms with Crippen molar-refractivity contribution in [2.24, 2.45) is 23.0 Å². The number of ether oxygens (including phenoxy) is 1. The summed E-state index contributed by atoms with van der Waals surface area (Å²) in [7, 11) is 1.88. The summed E-state index contributed by atoms with van der Waals surface area (Å²) < 4.78 is 7.32. The van der Waals surface area contributed by atoms with Crippen molar-refractivity contribution in [3.63, 3.8) is 0 Å². The molecule has 0 saturated heterocycles. The van der Waals surface area contributed by atoms with Gasteiger partial charge >= 0.3 is 0 Å². The summed E-state index contributed by atoms with van der Waals surface area (Å²) >= 11 is 0. The molecule has 0 fully saturated rings. The maximum Gasteiger partial charge on any atom is 0.257 e. The van der Waals surface area contributed by atoms with Crippen LogP contribution in [0.4, 0.5) is 11.4 Å². The van der Waals surface area contributed by atoms with E-state index < -0.39 is 0 Å². The summed E-state index contributed by atoms with van der Waals surface area (Å²) in [6.45, 7) is 8.80. The number of nitrogens with zero attached hydrogens (tertiary/aromatic N) is 4. The second-order valence-electron chi connectivity index (χ2n) is 7.47. The molecular formula is C22H36N8O2. The van der Waals surface area contributed by atoms with Crippen LogP contribution >= 0.6 is 0 Å². The van der Waals surface area contributed by atoms with Crippen LogP contribution in [0.2, 0.25) is 0 Å². The van der Waals surface area contributed by atoms with Crippen LogP contribution in [0, 0.1) is 13.8 Å². The first-order valence-electron chi connectivity index (χ1n) is 11.0. The van der Waals surface area contributed by atoms with Gasteiger partial charge in [-0.15, -0.1) is 5.11 Å². The summed E-state index contributed by atoms with van der Waals surface area (Å²) in [6, 6.07) is 7.15. The number of amides is 1. The van der Waals surface area contributed by atoms with Gasteiger partial charge in [-0.2, -0.15) is 10.2 Å². The number of rotatable bonds is 15. The number of azo groups is 1. The Morgan fingerprint density at radius 2 is 1.72 bits per heavy atom. The highest BCUT2D eigenvalue weighted by Crippen LogP contribution is 2.25. The monoisotopic (exact) mass is 444 g/mol. The Morgan fingerprint density at radius 3 is 2.34 bits per heavy atom. The maximum absolute atomic E-state index is 11.9. The number of benzene rings is 1. The summed E-state index contributed by atoms with van der Waals surface area (Å²) in [5.41, 5.74) is 8.72. The van der Waals surface area contributed by atoms with Gasteiger partial charge in [0.15, 0.2) is 6.61 Å². The highest BCUT2D eigenvalue weighted by molar-refractivity contribution is 5.77. The number of nitrogens with two attached hydrogens (primary N) is 1. The number of aromatic nitrogens is 2. The third-order valence-electron chi connectivity index (χ3n) is 4.83. The molecule has 0 unspecified atom stereocenters. The van der Waals surface area contributed by atoms with E-state index in [1.165, 1.54) is 0 Å². The molecule has 2 rings (SSSR count). The second kappa shape index (κ2) is 14.3. The number of nitrogens with one attached hydrogen (secondary N) is 3. The lowest BCUT2D eigenvalue weighted by Gasteiger charge is -2.08. The smallest absolute Gasteiger partial charge is 0.257 e. The molecule has 10 heteroatoms. The van der Waals surface area contributed by atoms with Crippen LogP contribution in [-0.2, 0) is 11.8 Å². The van der Waals surface area contributed by atoms with Crippen molar-refractivity contribution < 1.29 is 9.53 Å². The maximum atomic E-state index is 11.9. The molecule has 1 aromatic heterocycles. The van der Waals surface area contributed by atoms with Crippen molar-refractivity contribution in [1.82, 2.24) is 25.7 Å². The van der Waals surface area contributed by atoms with Gasteiger partial charge < -0.3 is 26.4 Å². The molecule has 0 radical (unpaired) electrons. The highest BCUT2D eigenvalue weighted by Gasteiger charge is 2.08. The Kier molecular flexibility index (Phi) is 11.4. The van der Waals surface area contributed by atoms with Gasteiger partial charge in [0.2, 0.25) is 0 Å². The van der Waals surface area contributed by atoms with Gasteiger partial charge in [0.05, 0.1) is 17.1 Å². The lowest BCUT2D eigenvalue weighted by molar-refractivity contribution is -0.123. The van der Waals surface area contributed by atoms with Gasteiger partial charge in [-0.3, -0.25) is 9.48 Å². The average Bonchev–Trinajstić information content (AvgIpc) is 3.03. The summed E-state index contributed by atoms with van der Waals surface area (Å²) in [4.78, 5) is 11.9. The summed E-state index contributed by atoms with van der Waals surface area (Å²) in [5.74, 6) is 0.469. The van der Waals surface area contributed by atoms with Crippen LogP contribution in [0.15, 0.2) is 34.5 Å². The van der Waals surface area contributed by atoms with Gasteiger partial charge in [-0.1, -0.05) is 0 Å². The Balaban J connectivity index is 1.60. The molecule has 1 amide bonds. The van der Waals surface area contributed by atoms with Crippen molar-refractivity contribution in [3.05, 3.63) is 35.7 Å². The van der Waals surface area contributed by atoms with Gasteiger partial charge in [0, 0.05) is 26.7 Å². The first-order chi connectivity index (χ1) is 15.5. The zero-order valence-electron chi connectivity index (χ0n) is 19.4. The average molecular weight is 445 g/mol. The predicted octanol–water partition coefficient (Wildman–Crippen LogP) is 1.87. The van der Waals surface area contributed by atoms with E-state index >= 15 is 0 Å². The lowest BCUT2D eigenvalue weighted by Crippen LogP contribution is -2.33. The normalized spacial score (nSPS) is 11.2. The molecule has 2 aromatic rings. The van der Waals surface area contributed by atoms with Crippen LogP contribution in [0.1, 0.15) is 24.2 Å². The Hall–Kier alpha value is -2.82. The summed E-state index contributed by atoms with van der Waals surface area (Å²) in [6.07, 6.45) is 1.86. The van der Waals surface area contributed by atoms with Crippen LogP contribution in [0.25, 0.3) is 0 Å². The van der Waals surface area contributed by atoms with Crippen LogP contribution < -0.4 is 26.4 Å².